The van der Waals surface area contributed by atoms with Gasteiger partial charge in [-0.1, -0.05) is 35.1 Å². The summed E-state index contributed by atoms with van der Waals surface area (Å²) in [5, 5.41) is 0.759. The molecule has 0 saturated carbocycles. The van der Waals surface area contributed by atoms with Crippen molar-refractivity contribution in [2.75, 3.05) is 57.2 Å². The second-order valence-corrected chi connectivity index (χ2v) is 10.7. The summed E-state index contributed by atoms with van der Waals surface area (Å²) in [7, 11) is 1.66. The van der Waals surface area contributed by atoms with Crippen molar-refractivity contribution in [3.8, 4) is 5.75 Å². The van der Waals surface area contributed by atoms with Crippen LogP contribution in [0.2, 0.25) is 0 Å². The van der Waals surface area contributed by atoms with Crippen LogP contribution in [0.1, 0.15) is 24.0 Å². The standard InChI is InChI=1S/C26H33N3O3S2/c1-19-5-8-21(9-6-19)33-18-11-23(30)29(13-4-12-28-14-16-32-17-15-28)26-27-24-22(31-3)10-7-20(2)25(24)34-26/h5-10H,4,11-18H2,1-3H3. The molecule has 0 spiro atoms. The van der Waals surface area contributed by atoms with Gasteiger partial charge >= 0.3 is 0 Å². The number of ether oxygens (including phenoxy) is 2. The molecule has 1 aliphatic heterocycles. The number of hydrogen-bond acceptors (Lipinski definition) is 7. The highest BCUT2D eigenvalue weighted by molar-refractivity contribution is 7.99. The first kappa shape index (κ1) is 25.0. The molecule has 2 heterocycles. The molecule has 0 radical (unpaired) electrons. The van der Waals surface area contributed by atoms with Crippen LogP contribution >= 0.6 is 23.1 Å². The summed E-state index contributed by atoms with van der Waals surface area (Å²) in [6, 6.07) is 12.5. The van der Waals surface area contributed by atoms with Gasteiger partial charge < -0.3 is 9.47 Å². The largest absolute Gasteiger partial charge is 0.494 e. The molecule has 34 heavy (non-hydrogen) atoms. The Balaban J connectivity index is 1.47. The van der Waals surface area contributed by atoms with E-state index >= 15 is 0 Å². The lowest BCUT2D eigenvalue weighted by Gasteiger charge is -2.27. The first-order valence-electron chi connectivity index (χ1n) is 11.8. The third kappa shape index (κ3) is 6.30. The van der Waals surface area contributed by atoms with Crippen molar-refractivity contribution in [1.29, 1.82) is 0 Å². The molecule has 1 aliphatic rings. The molecule has 182 valence electrons. The molecule has 0 bridgehead atoms. The van der Waals surface area contributed by atoms with E-state index in [1.165, 1.54) is 10.5 Å². The molecule has 2 aromatic carbocycles. The minimum atomic E-state index is 0.122. The Morgan fingerprint density at radius 1 is 1.18 bits per heavy atom. The van der Waals surface area contributed by atoms with Crippen LogP contribution in [0.25, 0.3) is 10.2 Å². The first-order valence-corrected chi connectivity index (χ1v) is 13.6. The molecular weight excluding hydrogens is 466 g/mol. The van der Waals surface area contributed by atoms with Crippen LogP contribution in [0.3, 0.4) is 0 Å². The summed E-state index contributed by atoms with van der Waals surface area (Å²) < 4.78 is 12.1. The number of methoxy groups -OCH3 is 1. The van der Waals surface area contributed by atoms with Crippen molar-refractivity contribution in [3.63, 3.8) is 0 Å². The van der Waals surface area contributed by atoms with Crippen molar-refractivity contribution >= 4 is 44.4 Å². The Hall–Kier alpha value is -2.13. The average Bonchev–Trinajstić information content (AvgIpc) is 3.30. The van der Waals surface area contributed by atoms with Gasteiger partial charge in [0, 0.05) is 43.2 Å². The number of thioether (sulfide) groups is 1. The van der Waals surface area contributed by atoms with Gasteiger partial charge in [-0.25, -0.2) is 4.98 Å². The molecule has 1 amide bonds. The number of benzene rings is 2. The summed E-state index contributed by atoms with van der Waals surface area (Å²) in [4.78, 5) is 23.8. The normalized spacial score (nSPS) is 14.4. The van der Waals surface area contributed by atoms with Crippen LogP contribution in [0, 0.1) is 13.8 Å². The molecule has 1 aromatic heterocycles. The Kier molecular flexibility index (Phi) is 8.83. The van der Waals surface area contributed by atoms with E-state index in [0.717, 1.165) is 71.7 Å². The topological polar surface area (TPSA) is 54.9 Å². The maximum absolute atomic E-state index is 13.4. The lowest BCUT2D eigenvalue weighted by Crippen LogP contribution is -2.39. The van der Waals surface area contributed by atoms with Crippen LogP contribution in [0.5, 0.6) is 5.75 Å². The number of nitrogens with zero attached hydrogens (tertiary/aromatic N) is 3. The van der Waals surface area contributed by atoms with Crippen LogP contribution in [0.15, 0.2) is 41.3 Å². The van der Waals surface area contributed by atoms with Crippen LogP contribution < -0.4 is 9.64 Å². The number of thiazole rings is 1. The van der Waals surface area contributed by atoms with Gasteiger partial charge in [0.2, 0.25) is 5.91 Å². The van der Waals surface area contributed by atoms with Gasteiger partial charge in [-0.3, -0.25) is 14.6 Å². The molecule has 0 N–H and O–H groups in total. The Morgan fingerprint density at radius 2 is 1.94 bits per heavy atom. The lowest BCUT2D eigenvalue weighted by atomic mass is 10.2. The fraction of sp³-hybridized carbons (Fsp3) is 0.462. The van der Waals surface area contributed by atoms with Gasteiger partial charge in [0.25, 0.3) is 0 Å². The van der Waals surface area contributed by atoms with Gasteiger partial charge in [-0.2, -0.15) is 0 Å². The Morgan fingerprint density at radius 3 is 2.68 bits per heavy atom. The molecular formula is C26H33N3O3S2. The number of aromatic nitrogens is 1. The summed E-state index contributed by atoms with van der Waals surface area (Å²) in [6.07, 6.45) is 1.38. The predicted octanol–water partition coefficient (Wildman–Crippen LogP) is 5.16. The molecule has 0 unspecified atom stereocenters. The van der Waals surface area contributed by atoms with Crippen molar-refractivity contribution in [3.05, 3.63) is 47.5 Å². The van der Waals surface area contributed by atoms with Crippen LogP contribution in [0.4, 0.5) is 5.13 Å². The fourth-order valence-electron chi connectivity index (χ4n) is 4.01. The third-order valence-electron chi connectivity index (χ3n) is 6.01. The minimum Gasteiger partial charge on any atom is -0.494 e. The summed E-state index contributed by atoms with van der Waals surface area (Å²) in [5.74, 6) is 1.62. The summed E-state index contributed by atoms with van der Waals surface area (Å²) in [5.41, 5.74) is 3.23. The monoisotopic (exact) mass is 499 g/mol. The highest BCUT2D eigenvalue weighted by Gasteiger charge is 2.22. The number of hydrogen-bond donors (Lipinski definition) is 0. The number of aryl methyl sites for hydroxylation is 2. The first-order chi connectivity index (χ1) is 16.5. The zero-order valence-electron chi connectivity index (χ0n) is 20.2. The maximum atomic E-state index is 13.4. The highest BCUT2D eigenvalue weighted by Crippen LogP contribution is 2.36. The smallest absolute Gasteiger partial charge is 0.229 e. The molecule has 3 aromatic rings. The number of anilines is 1. The number of amides is 1. The highest BCUT2D eigenvalue weighted by atomic mass is 32.2. The molecule has 8 heteroatoms. The van der Waals surface area contributed by atoms with Gasteiger partial charge in [0.05, 0.1) is 25.0 Å². The molecule has 6 nitrogen and oxygen atoms in total. The van der Waals surface area contributed by atoms with Gasteiger partial charge in [0.1, 0.15) is 11.3 Å². The van der Waals surface area contributed by atoms with E-state index in [-0.39, 0.29) is 5.91 Å². The number of rotatable bonds is 10. The lowest BCUT2D eigenvalue weighted by molar-refractivity contribution is -0.118. The quantitative estimate of drug-likeness (QED) is 0.359. The van der Waals surface area contributed by atoms with Crippen LogP contribution in [-0.4, -0.2) is 68.0 Å². The predicted molar refractivity (Wildman–Crippen MR) is 142 cm³/mol. The number of carbonyl (C=O) groups is 1. The van der Waals surface area contributed by atoms with E-state index in [2.05, 4.69) is 43.0 Å². The Bertz CT molecular complexity index is 1090. The van der Waals surface area contributed by atoms with Gasteiger partial charge in [0.15, 0.2) is 5.13 Å². The van der Waals surface area contributed by atoms with E-state index < -0.39 is 0 Å². The van der Waals surface area contributed by atoms with E-state index in [1.807, 2.05) is 17.0 Å². The zero-order valence-corrected chi connectivity index (χ0v) is 21.8. The van der Waals surface area contributed by atoms with Crippen LogP contribution in [-0.2, 0) is 9.53 Å². The number of morpholine rings is 1. The van der Waals surface area contributed by atoms with Crippen molar-refractivity contribution in [2.45, 2.75) is 31.6 Å². The van der Waals surface area contributed by atoms with E-state index in [4.69, 9.17) is 14.5 Å². The summed E-state index contributed by atoms with van der Waals surface area (Å²) in [6.45, 7) is 9.27. The zero-order chi connectivity index (χ0) is 23.9. The second-order valence-electron chi connectivity index (χ2n) is 8.52. The number of fused-ring (bicyclic) bond motifs is 1. The molecule has 4 rings (SSSR count). The van der Waals surface area contributed by atoms with E-state index in [9.17, 15) is 4.79 Å². The maximum Gasteiger partial charge on any atom is 0.229 e. The van der Waals surface area contributed by atoms with Gasteiger partial charge in [-0.05, 0) is 44.0 Å². The fourth-order valence-corrected chi connectivity index (χ4v) is 5.94. The van der Waals surface area contributed by atoms with E-state index in [0.29, 0.717) is 13.0 Å². The summed E-state index contributed by atoms with van der Waals surface area (Å²) >= 11 is 3.30. The number of carbonyl (C=O) groups excluding carboxylic acids is 1. The molecule has 0 atom stereocenters. The molecule has 0 aliphatic carbocycles. The van der Waals surface area contributed by atoms with Gasteiger partial charge in [-0.15, -0.1) is 11.8 Å². The Labute approximate surface area is 210 Å². The second kappa shape index (κ2) is 12.0. The van der Waals surface area contributed by atoms with Crippen molar-refractivity contribution in [2.24, 2.45) is 0 Å². The third-order valence-corrected chi connectivity index (χ3v) is 8.24. The SMILES string of the molecule is COc1ccc(C)c2sc(N(CCCN3CCOCC3)C(=O)CCSc3ccc(C)cc3)nc12. The molecule has 1 saturated heterocycles. The average molecular weight is 500 g/mol. The van der Waals surface area contributed by atoms with E-state index in [1.54, 1.807) is 30.2 Å². The molecule has 1 fully saturated rings. The minimum absolute atomic E-state index is 0.122. The van der Waals surface area contributed by atoms with Crippen molar-refractivity contribution < 1.29 is 14.3 Å². The van der Waals surface area contributed by atoms with Crippen molar-refractivity contribution in [1.82, 2.24) is 9.88 Å².